The minimum Gasteiger partial charge on any atom is -0.288 e. The zero-order chi connectivity index (χ0) is 11.3. The second kappa shape index (κ2) is 5.24. The van der Waals surface area contributed by atoms with Gasteiger partial charge in [0, 0.05) is 6.54 Å². The molecule has 0 fully saturated rings. The summed E-state index contributed by atoms with van der Waals surface area (Å²) in [6, 6.07) is 0. The summed E-state index contributed by atoms with van der Waals surface area (Å²) in [6.07, 6.45) is 0.686. The van der Waals surface area contributed by atoms with E-state index in [9.17, 15) is 5.21 Å². The van der Waals surface area contributed by atoms with Gasteiger partial charge in [-0.1, -0.05) is 6.92 Å². The first-order valence-corrected chi connectivity index (χ1v) is 4.24. The lowest BCUT2D eigenvalue weighted by Gasteiger charge is -2.14. The molecular formula is C6H12N6O3. The fraction of sp³-hybridized carbons (Fsp3) is 0.500. The van der Waals surface area contributed by atoms with E-state index in [0.29, 0.717) is 13.0 Å². The molecule has 0 saturated heterocycles. The van der Waals surface area contributed by atoms with Crippen molar-refractivity contribution in [3.05, 3.63) is 0 Å². The number of hydrogen-bond donors (Lipinski definition) is 5. The Hall–Kier alpha value is -1.71. The molecule has 5 N–H and O–H groups in total. The van der Waals surface area contributed by atoms with Crippen LogP contribution in [0.25, 0.3) is 0 Å². The molecule has 84 valence electrons. The largest absolute Gasteiger partial charge is 0.288 e. The minimum absolute atomic E-state index is 0.0834. The first-order chi connectivity index (χ1) is 7.21. The molecule has 0 aliphatic heterocycles. The molecule has 1 aromatic heterocycles. The van der Waals surface area contributed by atoms with Gasteiger partial charge in [-0.3, -0.25) is 15.6 Å². The van der Waals surface area contributed by atoms with Gasteiger partial charge in [0.1, 0.15) is 0 Å². The Morgan fingerprint density at radius 3 is 2.07 bits per heavy atom. The lowest BCUT2D eigenvalue weighted by atomic mass is 10.5. The van der Waals surface area contributed by atoms with E-state index in [-0.39, 0.29) is 17.8 Å². The highest BCUT2D eigenvalue weighted by Crippen LogP contribution is 2.11. The Labute approximate surface area is 85.3 Å². The maximum absolute atomic E-state index is 9.42. The van der Waals surface area contributed by atoms with Crippen molar-refractivity contribution < 1.29 is 15.6 Å². The van der Waals surface area contributed by atoms with Crippen LogP contribution in [0.1, 0.15) is 13.3 Å². The Kier molecular flexibility index (Phi) is 3.97. The summed E-state index contributed by atoms with van der Waals surface area (Å²) in [5, 5.41) is 27.4. The predicted octanol–water partition coefficient (Wildman–Crippen LogP) is 0.0794. The van der Waals surface area contributed by atoms with Crippen molar-refractivity contribution in [3.8, 4) is 0 Å². The Morgan fingerprint density at radius 1 is 1.13 bits per heavy atom. The van der Waals surface area contributed by atoms with Gasteiger partial charge in [0.05, 0.1) is 0 Å². The molecule has 0 unspecified atom stereocenters. The molecule has 0 bridgehead atoms. The number of anilines is 3. The highest BCUT2D eigenvalue weighted by molar-refractivity contribution is 5.39. The van der Waals surface area contributed by atoms with E-state index in [1.807, 2.05) is 6.92 Å². The molecule has 0 aliphatic rings. The third-order valence-electron chi connectivity index (χ3n) is 1.49. The molecule has 0 aromatic carbocycles. The average molecular weight is 216 g/mol. The lowest BCUT2D eigenvalue weighted by molar-refractivity contribution is 0.246. The number of nitrogens with one attached hydrogen (secondary N) is 2. The van der Waals surface area contributed by atoms with Crippen LogP contribution < -0.4 is 16.0 Å². The van der Waals surface area contributed by atoms with E-state index in [0.717, 1.165) is 5.06 Å². The number of rotatable bonds is 5. The maximum Gasteiger partial charge on any atom is 0.256 e. The molecule has 9 heteroatoms. The van der Waals surface area contributed by atoms with Crippen molar-refractivity contribution in [1.82, 2.24) is 15.0 Å². The van der Waals surface area contributed by atoms with Crippen LogP contribution in [-0.2, 0) is 0 Å². The topological polar surface area (TPSA) is 127 Å². The van der Waals surface area contributed by atoms with Crippen molar-refractivity contribution in [2.75, 3.05) is 22.6 Å². The zero-order valence-corrected chi connectivity index (χ0v) is 8.04. The van der Waals surface area contributed by atoms with Crippen LogP contribution in [0.5, 0.6) is 0 Å². The summed E-state index contributed by atoms with van der Waals surface area (Å²) >= 11 is 0. The van der Waals surface area contributed by atoms with E-state index in [2.05, 4.69) is 15.0 Å². The van der Waals surface area contributed by atoms with Gasteiger partial charge in [-0.2, -0.15) is 15.0 Å². The molecule has 1 heterocycles. The highest BCUT2D eigenvalue weighted by atomic mass is 16.5. The third-order valence-corrected chi connectivity index (χ3v) is 1.49. The number of nitrogens with zero attached hydrogens (tertiary/aromatic N) is 4. The van der Waals surface area contributed by atoms with Crippen LogP contribution in [0.3, 0.4) is 0 Å². The zero-order valence-electron chi connectivity index (χ0n) is 8.04. The Morgan fingerprint density at radius 2 is 1.67 bits per heavy atom. The minimum atomic E-state index is -0.188. The molecule has 1 aromatic rings. The summed E-state index contributed by atoms with van der Waals surface area (Å²) in [5.74, 6) is -0.460. The Bertz CT molecular complexity index is 299. The van der Waals surface area contributed by atoms with E-state index in [1.54, 1.807) is 11.0 Å². The summed E-state index contributed by atoms with van der Waals surface area (Å²) < 4.78 is 0. The SMILES string of the molecule is CCCN(O)c1nc(NO)nc(NO)n1. The van der Waals surface area contributed by atoms with Crippen LogP contribution >= 0.6 is 0 Å². The van der Waals surface area contributed by atoms with Gasteiger partial charge in [0.15, 0.2) is 0 Å². The fourth-order valence-electron chi connectivity index (χ4n) is 0.892. The van der Waals surface area contributed by atoms with Crippen molar-refractivity contribution in [2.45, 2.75) is 13.3 Å². The van der Waals surface area contributed by atoms with Gasteiger partial charge in [-0.25, -0.2) is 16.0 Å². The molecule has 0 atom stereocenters. The first-order valence-electron chi connectivity index (χ1n) is 4.24. The molecule has 15 heavy (non-hydrogen) atoms. The maximum atomic E-state index is 9.42. The number of aromatic nitrogens is 3. The molecule has 1 rings (SSSR count). The van der Waals surface area contributed by atoms with Crippen LogP contribution in [-0.4, -0.2) is 37.1 Å². The van der Waals surface area contributed by atoms with E-state index in [4.69, 9.17) is 10.4 Å². The monoisotopic (exact) mass is 216 g/mol. The summed E-state index contributed by atoms with van der Waals surface area (Å²) in [7, 11) is 0. The number of hydrogen-bond acceptors (Lipinski definition) is 9. The second-order valence-electron chi connectivity index (χ2n) is 2.63. The molecule has 0 saturated carbocycles. The highest BCUT2D eigenvalue weighted by Gasteiger charge is 2.10. The smallest absolute Gasteiger partial charge is 0.256 e. The molecule has 0 aliphatic carbocycles. The summed E-state index contributed by atoms with van der Waals surface area (Å²) in [5.41, 5.74) is 3.38. The summed E-state index contributed by atoms with van der Waals surface area (Å²) in [6.45, 7) is 2.18. The van der Waals surface area contributed by atoms with E-state index in [1.165, 1.54) is 0 Å². The van der Waals surface area contributed by atoms with Crippen molar-refractivity contribution in [2.24, 2.45) is 0 Å². The summed E-state index contributed by atoms with van der Waals surface area (Å²) in [4.78, 5) is 10.9. The molecule has 9 nitrogen and oxygen atoms in total. The van der Waals surface area contributed by atoms with Crippen LogP contribution in [0.15, 0.2) is 0 Å². The number of hydroxylamine groups is 1. The van der Waals surface area contributed by atoms with Crippen molar-refractivity contribution in [1.29, 1.82) is 0 Å². The average Bonchev–Trinajstić information content (AvgIpc) is 2.28. The van der Waals surface area contributed by atoms with E-state index >= 15 is 0 Å². The molecule has 0 radical (unpaired) electrons. The second-order valence-corrected chi connectivity index (χ2v) is 2.63. The van der Waals surface area contributed by atoms with Crippen LogP contribution in [0.2, 0.25) is 0 Å². The molecule has 0 spiro atoms. The van der Waals surface area contributed by atoms with Gasteiger partial charge in [-0.05, 0) is 6.42 Å². The van der Waals surface area contributed by atoms with Crippen LogP contribution in [0, 0.1) is 0 Å². The van der Waals surface area contributed by atoms with Gasteiger partial charge < -0.3 is 0 Å². The lowest BCUT2D eigenvalue weighted by Crippen LogP contribution is -2.22. The predicted molar refractivity (Wildman–Crippen MR) is 50.1 cm³/mol. The van der Waals surface area contributed by atoms with Crippen LogP contribution in [0.4, 0.5) is 17.8 Å². The van der Waals surface area contributed by atoms with Crippen molar-refractivity contribution in [3.63, 3.8) is 0 Å². The first kappa shape index (κ1) is 11.4. The normalized spacial score (nSPS) is 9.87. The van der Waals surface area contributed by atoms with Gasteiger partial charge in [0.25, 0.3) is 17.8 Å². The standard InChI is InChI=1S/C6H12N6O3/c1-2-3-12(15)6-8-4(10-13)7-5(9-6)11-14/h13-15H,2-3H2,1H3,(H2,7,8,9,10,11). The molecule has 0 amide bonds. The van der Waals surface area contributed by atoms with Gasteiger partial charge >= 0.3 is 0 Å². The van der Waals surface area contributed by atoms with Gasteiger partial charge in [0.2, 0.25) is 0 Å². The quantitative estimate of drug-likeness (QED) is 0.435. The van der Waals surface area contributed by atoms with Gasteiger partial charge in [-0.15, -0.1) is 0 Å². The fourth-order valence-corrected chi connectivity index (χ4v) is 0.892. The Balaban J connectivity index is 2.95. The molecular weight excluding hydrogens is 204 g/mol. The third kappa shape index (κ3) is 2.87. The van der Waals surface area contributed by atoms with E-state index < -0.39 is 0 Å². The van der Waals surface area contributed by atoms with Crippen molar-refractivity contribution >= 4 is 17.8 Å².